The summed E-state index contributed by atoms with van der Waals surface area (Å²) in [6.07, 6.45) is 3.61. The van der Waals surface area contributed by atoms with E-state index in [2.05, 4.69) is 5.43 Å². The lowest BCUT2D eigenvalue weighted by Crippen LogP contribution is -2.46. The molecule has 0 bridgehead atoms. The van der Waals surface area contributed by atoms with Crippen molar-refractivity contribution in [3.63, 3.8) is 0 Å². The van der Waals surface area contributed by atoms with Gasteiger partial charge in [-0.1, -0.05) is 30.4 Å². The van der Waals surface area contributed by atoms with Crippen LogP contribution in [-0.4, -0.2) is 18.2 Å². The predicted octanol–water partition coefficient (Wildman–Crippen LogP) is 2.96. The first-order valence-electron chi connectivity index (χ1n) is 5.98. The highest BCUT2D eigenvalue weighted by molar-refractivity contribution is 5.76. The maximum atomic E-state index is 11.7. The fraction of sp³-hybridized carbons (Fsp3) is 0.357. The standard InChI is InChI=1S/C14H18N2O2/c1-14(2,3)18-13(17)15-16-10-6-8-11-7-4-5-9-12(11)16/h4-9H,10H2,1-3H3,(H,15,17). The molecule has 0 unspecified atom stereocenters. The highest BCUT2D eigenvalue weighted by Gasteiger charge is 2.20. The quantitative estimate of drug-likeness (QED) is 0.828. The van der Waals surface area contributed by atoms with Crippen LogP contribution >= 0.6 is 0 Å². The van der Waals surface area contributed by atoms with Crippen LogP contribution in [0.3, 0.4) is 0 Å². The van der Waals surface area contributed by atoms with E-state index in [0.717, 1.165) is 11.3 Å². The van der Waals surface area contributed by atoms with Crippen molar-refractivity contribution < 1.29 is 9.53 Å². The van der Waals surface area contributed by atoms with Gasteiger partial charge in [0.25, 0.3) is 0 Å². The first kappa shape index (κ1) is 12.5. The van der Waals surface area contributed by atoms with E-state index in [0.29, 0.717) is 6.54 Å². The summed E-state index contributed by atoms with van der Waals surface area (Å²) in [5.41, 5.74) is 4.32. The minimum absolute atomic E-state index is 0.437. The van der Waals surface area contributed by atoms with E-state index in [1.165, 1.54) is 0 Å². The fourth-order valence-electron chi connectivity index (χ4n) is 1.77. The molecule has 0 aromatic heterocycles. The van der Waals surface area contributed by atoms with Crippen molar-refractivity contribution in [2.75, 3.05) is 11.6 Å². The Labute approximate surface area is 107 Å². The molecular formula is C14H18N2O2. The van der Waals surface area contributed by atoms with Gasteiger partial charge in [0.05, 0.1) is 12.2 Å². The summed E-state index contributed by atoms with van der Waals surface area (Å²) >= 11 is 0. The van der Waals surface area contributed by atoms with Gasteiger partial charge in [-0.15, -0.1) is 0 Å². The maximum absolute atomic E-state index is 11.7. The number of amides is 1. The molecule has 4 heteroatoms. The summed E-state index contributed by atoms with van der Waals surface area (Å²) in [4.78, 5) is 11.7. The minimum Gasteiger partial charge on any atom is -0.443 e. The number of para-hydroxylation sites is 1. The average Bonchev–Trinajstić information content (AvgIpc) is 2.27. The summed E-state index contributed by atoms with van der Waals surface area (Å²) in [5, 5.41) is 1.78. The number of hydrogen-bond donors (Lipinski definition) is 1. The Morgan fingerprint density at radius 3 is 2.78 bits per heavy atom. The summed E-state index contributed by atoms with van der Waals surface area (Å²) in [6.45, 7) is 6.17. The average molecular weight is 246 g/mol. The highest BCUT2D eigenvalue weighted by atomic mass is 16.6. The Morgan fingerprint density at radius 2 is 2.06 bits per heavy atom. The Kier molecular flexibility index (Phi) is 3.28. The third kappa shape index (κ3) is 3.03. The molecule has 4 nitrogen and oxygen atoms in total. The molecule has 1 aromatic carbocycles. The lowest BCUT2D eigenvalue weighted by atomic mass is 10.1. The minimum atomic E-state index is -0.491. The number of nitrogens with one attached hydrogen (secondary N) is 1. The van der Waals surface area contributed by atoms with Gasteiger partial charge in [0.2, 0.25) is 0 Å². The van der Waals surface area contributed by atoms with Crippen molar-refractivity contribution in [1.29, 1.82) is 0 Å². The van der Waals surface area contributed by atoms with E-state index in [9.17, 15) is 4.79 Å². The number of hydrazine groups is 1. The third-order valence-corrected chi connectivity index (χ3v) is 2.44. The molecule has 96 valence electrons. The van der Waals surface area contributed by atoms with Crippen molar-refractivity contribution in [3.8, 4) is 0 Å². The number of hydrogen-bond acceptors (Lipinski definition) is 3. The lowest BCUT2D eigenvalue weighted by molar-refractivity contribution is 0.0522. The second-order valence-corrected chi connectivity index (χ2v) is 5.19. The highest BCUT2D eigenvalue weighted by Crippen LogP contribution is 2.23. The largest absolute Gasteiger partial charge is 0.443 e. The van der Waals surface area contributed by atoms with E-state index in [1.54, 1.807) is 5.01 Å². The molecule has 1 amide bonds. The van der Waals surface area contributed by atoms with Crippen LogP contribution in [-0.2, 0) is 4.74 Å². The van der Waals surface area contributed by atoms with Crippen LogP contribution < -0.4 is 10.4 Å². The number of carbonyl (C=O) groups is 1. The molecule has 2 rings (SSSR count). The normalized spacial score (nSPS) is 14.1. The SMILES string of the molecule is CC(C)(C)OC(=O)NN1CC=Cc2ccccc21. The smallest absolute Gasteiger partial charge is 0.426 e. The number of nitrogens with zero attached hydrogens (tertiary/aromatic N) is 1. The number of carbonyl (C=O) groups excluding carboxylic acids is 1. The Hall–Kier alpha value is -1.97. The molecule has 0 atom stereocenters. The molecule has 0 aliphatic carbocycles. The molecule has 0 saturated carbocycles. The Morgan fingerprint density at radius 1 is 1.33 bits per heavy atom. The lowest BCUT2D eigenvalue weighted by Gasteiger charge is -2.29. The van der Waals surface area contributed by atoms with Crippen molar-refractivity contribution in [3.05, 3.63) is 35.9 Å². The summed E-state index contributed by atoms with van der Waals surface area (Å²) in [5.74, 6) is 0. The van der Waals surface area contributed by atoms with E-state index in [4.69, 9.17) is 4.74 Å². The van der Waals surface area contributed by atoms with Gasteiger partial charge in [-0.25, -0.2) is 10.2 Å². The topological polar surface area (TPSA) is 41.6 Å². The van der Waals surface area contributed by atoms with Crippen LogP contribution in [0.25, 0.3) is 6.08 Å². The van der Waals surface area contributed by atoms with E-state index >= 15 is 0 Å². The Balaban J connectivity index is 2.08. The second kappa shape index (κ2) is 4.72. The molecule has 0 radical (unpaired) electrons. The zero-order valence-corrected chi connectivity index (χ0v) is 10.9. The number of anilines is 1. The Bertz CT molecular complexity index is 475. The predicted molar refractivity (Wildman–Crippen MR) is 72.2 cm³/mol. The summed E-state index contributed by atoms with van der Waals surface area (Å²) in [6, 6.07) is 7.90. The molecule has 18 heavy (non-hydrogen) atoms. The molecule has 1 aliphatic rings. The zero-order chi connectivity index (χ0) is 13.2. The van der Waals surface area contributed by atoms with Crippen molar-refractivity contribution in [2.45, 2.75) is 26.4 Å². The molecule has 1 aromatic rings. The number of benzene rings is 1. The monoisotopic (exact) mass is 246 g/mol. The van der Waals surface area contributed by atoms with Crippen molar-refractivity contribution in [2.24, 2.45) is 0 Å². The van der Waals surface area contributed by atoms with Gasteiger partial charge >= 0.3 is 6.09 Å². The van der Waals surface area contributed by atoms with E-state index < -0.39 is 11.7 Å². The number of ether oxygens (including phenoxy) is 1. The molecule has 1 N–H and O–H groups in total. The van der Waals surface area contributed by atoms with Crippen LogP contribution in [0.1, 0.15) is 26.3 Å². The number of fused-ring (bicyclic) bond motifs is 1. The van der Waals surface area contributed by atoms with E-state index in [1.807, 2.05) is 57.2 Å². The molecule has 1 heterocycles. The van der Waals surface area contributed by atoms with Gasteiger partial charge in [-0.05, 0) is 32.4 Å². The van der Waals surface area contributed by atoms with Crippen molar-refractivity contribution in [1.82, 2.24) is 5.43 Å². The van der Waals surface area contributed by atoms with Gasteiger partial charge < -0.3 is 4.74 Å². The molecule has 0 saturated heterocycles. The van der Waals surface area contributed by atoms with Gasteiger partial charge in [-0.2, -0.15) is 0 Å². The van der Waals surface area contributed by atoms with Gasteiger partial charge in [-0.3, -0.25) is 5.01 Å². The number of rotatable bonds is 1. The van der Waals surface area contributed by atoms with Gasteiger partial charge in [0, 0.05) is 0 Å². The van der Waals surface area contributed by atoms with Gasteiger partial charge in [0.1, 0.15) is 5.60 Å². The van der Waals surface area contributed by atoms with Crippen LogP contribution in [0.2, 0.25) is 0 Å². The molecule has 0 spiro atoms. The third-order valence-electron chi connectivity index (χ3n) is 2.44. The van der Waals surface area contributed by atoms with Crippen LogP contribution in [0, 0.1) is 0 Å². The molecule has 1 aliphatic heterocycles. The van der Waals surface area contributed by atoms with Crippen molar-refractivity contribution >= 4 is 17.9 Å². The molecule has 0 fully saturated rings. The van der Waals surface area contributed by atoms with E-state index in [-0.39, 0.29) is 0 Å². The van der Waals surface area contributed by atoms with Gasteiger partial charge in [0.15, 0.2) is 0 Å². The molecular weight excluding hydrogens is 228 g/mol. The van der Waals surface area contributed by atoms with Crippen LogP contribution in [0.15, 0.2) is 30.3 Å². The first-order valence-corrected chi connectivity index (χ1v) is 5.98. The summed E-state index contributed by atoms with van der Waals surface area (Å²) < 4.78 is 5.24. The summed E-state index contributed by atoms with van der Waals surface area (Å²) in [7, 11) is 0. The zero-order valence-electron chi connectivity index (χ0n) is 10.9. The van der Waals surface area contributed by atoms with Crippen LogP contribution in [0.5, 0.6) is 0 Å². The van der Waals surface area contributed by atoms with Crippen LogP contribution in [0.4, 0.5) is 10.5 Å². The second-order valence-electron chi connectivity index (χ2n) is 5.19. The fourth-order valence-corrected chi connectivity index (χ4v) is 1.77. The first-order chi connectivity index (χ1) is 8.46. The maximum Gasteiger partial charge on any atom is 0.426 e.